The number of carbonyl (C=O) groups is 2. The van der Waals surface area contributed by atoms with Crippen LogP contribution in [0.5, 0.6) is 11.5 Å². The Morgan fingerprint density at radius 3 is 1.47 bits per heavy atom. The Labute approximate surface area is 231 Å². The molecule has 0 aliphatic heterocycles. The molecule has 0 saturated carbocycles. The number of hydrogen-bond donors (Lipinski definition) is 1. The quantitative estimate of drug-likeness (QED) is 0.101. The minimum absolute atomic E-state index is 0.165. The molecule has 1 aromatic carbocycles. The lowest BCUT2D eigenvalue weighted by Crippen LogP contribution is -2.35. The summed E-state index contributed by atoms with van der Waals surface area (Å²) in [5.74, 6) is -0.285. The second-order valence-electron chi connectivity index (χ2n) is 10.1. The monoisotopic (exact) mass is 535 g/mol. The third kappa shape index (κ3) is 17.1. The predicted molar refractivity (Wildman–Crippen MR) is 155 cm³/mol. The van der Waals surface area contributed by atoms with E-state index in [2.05, 4.69) is 13.8 Å². The zero-order valence-electron chi connectivity index (χ0n) is 24.3. The summed E-state index contributed by atoms with van der Waals surface area (Å²) in [6.45, 7) is 5.15. The molecule has 0 bridgehead atoms. The van der Waals surface area contributed by atoms with Crippen LogP contribution in [0.3, 0.4) is 0 Å². The molecule has 0 saturated heterocycles. The van der Waals surface area contributed by atoms with Gasteiger partial charge in [0.25, 0.3) is 0 Å². The molecule has 0 spiro atoms. The van der Waals surface area contributed by atoms with Crippen LogP contribution in [0.1, 0.15) is 117 Å². The molecule has 0 aliphatic carbocycles. The van der Waals surface area contributed by atoms with Gasteiger partial charge in [-0.05, 0) is 12.8 Å². The molecule has 0 aliphatic rings. The second kappa shape index (κ2) is 22.5. The molecule has 0 unspecified atom stereocenters. The molecular weight excluding hydrogens is 482 g/mol. The van der Waals surface area contributed by atoms with Crippen molar-refractivity contribution >= 4 is 17.6 Å². The first-order valence-electron chi connectivity index (χ1n) is 14.9. The Bertz CT molecular complexity index is 714. The first kappa shape index (κ1) is 33.6. The number of aliphatic carboxylic acids is 1. The van der Waals surface area contributed by atoms with E-state index in [9.17, 15) is 14.7 Å². The maximum atomic E-state index is 11.9. The Morgan fingerprint density at radius 1 is 0.658 bits per heavy atom. The maximum absolute atomic E-state index is 11.9. The van der Waals surface area contributed by atoms with Crippen molar-refractivity contribution in [2.24, 2.45) is 0 Å². The van der Waals surface area contributed by atoms with Crippen molar-refractivity contribution in [3.63, 3.8) is 0 Å². The highest BCUT2D eigenvalue weighted by Crippen LogP contribution is 2.29. The van der Waals surface area contributed by atoms with Crippen LogP contribution in [0.4, 0.5) is 5.69 Å². The van der Waals surface area contributed by atoms with Crippen molar-refractivity contribution in [1.29, 1.82) is 0 Å². The van der Waals surface area contributed by atoms with Gasteiger partial charge in [-0.3, -0.25) is 9.59 Å². The summed E-state index contributed by atoms with van der Waals surface area (Å²) >= 11 is 0. The summed E-state index contributed by atoms with van der Waals surface area (Å²) in [5.41, 5.74) is 0.567. The third-order valence-electron chi connectivity index (χ3n) is 6.64. The van der Waals surface area contributed by atoms with Gasteiger partial charge in [0.15, 0.2) is 0 Å². The van der Waals surface area contributed by atoms with Gasteiger partial charge in [-0.2, -0.15) is 0 Å². The number of ether oxygens (including phenoxy) is 3. The van der Waals surface area contributed by atoms with Crippen LogP contribution in [0.15, 0.2) is 18.2 Å². The van der Waals surface area contributed by atoms with Crippen molar-refractivity contribution in [3.05, 3.63) is 18.2 Å². The first-order chi connectivity index (χ1) is 18.5. The minimum atomic E-state index is -1.03. The van der Waals surface area contributed by atoms with E-state index in [-0.39, 0.29) is 13.1 Å². The van der Waals surface area contributed by atoms with Crippen LogP contribution in [-0.2, 0) is 14.3 Å². The molecule has 7 heteroatoms. The van der Waals surface area contributed by atoms with E-state index in [1.165, 1.54) is 89.1 Å². The zero-order valence-corrected chi connectivity index (χ0v) is 24.3. The number of nitrogens with zero attached hydrogens (tertiary/aromatic N) is 1. The standard InChI is InChI=1S/C31H53NO6/c1-4-6-8-10-12-14-16-18-20-37-28-22-27(32(25-30(33)34)26-31(35)36-3)23-29(24-28)38-21-19-17-15-13-11-9-7-5-2/h22-24H,4-21,25-26H2,1-3H3,(H,33,34). The number of carbonyl (C=O) groups excluding carboxylic acids is 1. The van der Waals surface area contributed by atoms with Gasteiger partial charge in [-0.15, -0.1) is 0 Å². The molecule has 0 aromatic heterocycles. The van der Waals surface area contributed by atoms with Crippen molar-refractivity contribution in [2.75, 3.05) is 38.3 Å². The van der Waals surface area contributed by atoms with Crippen molar-refractivity contribution in [2.45, 2.75) is 117 Å². The third-order valence-corrected chi connectivity index (χ3v) is 6.64. The largest absolute Gasteiger partial charge is 0.493 e. The van der Waals surface area contributed by atoms with Crippen molar-refractivity contribution in [3.8, 4) is 11.5 Å². The number of rotatable bonds is 25. The van der Waals surface area contributed by atoms with Crippen molar-refractivity contribution < 1.29 is 28.9 Å². The molecular formula is C31H53NO6. The highest BCUT2D eigenvalue weighted by atomic mass is 16.5. The Balaban J connectivity index is 2.69. The normalized spacial score (nSPS) is 10.8. The van der Waals surface area contributed by atoms with Crippen LogP contribution in [0.25, 0.3) is 0 Å². The Kier molecular flexibility index (Phi) is 19.9. The summed E-state index contributed by atoms with van der Waals surface area (Å²) in [6, 6.07) is 5.41. The fourth-order valence-electron chi connectivity index (χ4n) is 4.38. The SMILES string of the molecule is CCCCCCCCCCOc1cc(OCCCCCCCCCC)cc(N(CC(=O)O)CC(=O)OC)c1. The number of hydrogen-bond acceptors (Lipinski definition) is 6. The summed E-state index contributed by atoms with van der Waals surface area (Å²) < 4.78 is 16.9. The number of unbranched alkanes of at least 4 members (excludes halogenated alkanes) is 14. The second-order valence-corrected chi connectivity index (χ2v) is 10.1. The van der Waals surface area contributed by atoms with E-state index in [1.54, 1.807) is 12.1 Å². The van der Waals surface area contributed by atoms with E-state index >= 15 is 0 Å². The summed E-state index contributed by atoms with van der Waals surface area (Å²) in [4.78, 5) is 24.9. The van der Waals surface area contributed by atoms with Gasteiger partial charge in [0, 0.05) is 23.9 Å². The fraction of sp³-hybridized carbons (Fsp3) is 0.742. The molecule has 1 aromatic rings. The number of carboxylic acid groups (broad SMARTS) is 1. The molecule has 0 amide bonds. The van der Waals surface area contributed by atoms with E-state index in [0.717, 1.165) is 25.7 Å². The van der Waals surface area contributed by atoms with E-state index in [0.29, 0.717) is 30.4 Å². The van der Waals surface area contributed by atoms with Crippen LogP contribution in [0, 0.1) is 0 Å². The highest BCUT2D eigenvalue weighted by molar-refractivity contribution is 5.81. The lowest BCUT2D eigenvalue weighted by molar-refractivity contribution is -0.139. The molecule has 38 heavy (non-hydrogen) atoms. The average Bonchev–Trinajstić information content (AvgIpc) is 2.90. The summed E-state index contributed by atoms with van der Waals surface area (Å²) in [6.07, 6.45) is 19.6. The van der Waals surface area contributed by atoms with Gasteiger partial charge in [0.1, 0.15) is 24.6 Å². The molecule has 7 nitrogen and oxygen atoms in total. The van der Waals surface area contributed by atoms with Crippen LogP contribution in [0.2, 0.25) is 0 Å². The van der Waals surface area contributed by atoms with Gasteiger partial charge in [0.05, 0.1) is 20.3 Å². The topological polar surface area (TPSA) is 85.3 Å². The Morgan fingerprint density at radius 2 is 1.08 bits per heavy atom. The first-order valence-corrected chi connectivity index (χ1v) is 14.9. The van der Waals surface area contributed by atoms with Crippen LogP contribution in [-0.4, -0.2) is 50.5 Å². The van der Waals surface area contributed by atoms with Gasteiger partial charge >= 0.3 is 11.9 Å². The molecule has 0 atom stereocenters. The van der Waals surface area contributed by atoms with Gasteiger partial charge in [-0.25, -0.2) is 0 Å². The van der Waals surface area contributed by atoms with E-state index in [4.69, 9.17) is 14.2 Å². The lowest BCUT2D eigenvalue weighted by Gasteiger charge is -2.23. The lowest BCUT2D eigenvalue weighted by atomic mass is 10.1. The number of benzene rings is 1. The number of esters is 1. The Hall–Kier alpha value is -2.44. The molecule has 218 valence electrons. The van der Waals surface area contributed by atoms with Crippen LogP contribution >= 0.6 is 0 Å². The smallest absolute Gasteiger partial charge is 0.325 e. The molecule has 1 N–H and O–H groups in total. The summed E-state index contributed by atoms with van der Waals surface area (Å²) in [7, 11) is 1.29. The molecule has 0 heterocycles. The zero-order chi connectivity index (χ0) is 27.8. The van der Waals surface area contributed by atoms with E-state index in [1.807, 2.05) is 6.07 Å². The minimum Gasteiger partial charge on any atom is -0.493 e. The van der Waals surface area contributed by atoms with Gasteiger partial charge in [-0.1, -0.05) is 104 Å². The van der Waals surface area contributed by atoms with E-state index < -0.39 is 11.9 Å². The molecule has 0 fully saturated rings. The predicted octanol–water partition coefficient (Wildman–Crippen LogP) is 7.79. The maximum Gasteiger partial charge on any atom is 0.325 e. The highest BCUT2D eigenvalue weighted by Gasteiger charge is 2.17. The summed E-state index contributed by atoms with van der Waals surface area (Å²) in [5, 5.41) is 9.40. The van der Waals surface area contributed by atoms with Gasteiger partial charge < -0.3 is 24.2 Å². The number of methoxy groups -OCH3 is 1. The fourth-order valence-corrected chi connectivity index (χ4v) is 4.38. The molecule has 0 radical (unpaired) electrons. The average molecular weight is 536 g/mol. The van der Waals surface area contributed by atoms with Crippen LogP contribution < -0.4 is 14.4 Å². The van der Waals surface area contributed by atoms with Crippen molar-refractivity contribution in [1.82, 2.24) is 0 Å². The number of anilines is 1. The molecule has 1 rings (SSSR count). The number of carboxylic acids is 1. The van der Waals surface area contributed by atoms with Gasteiger partial charge in [0.2, 0.25) is 0 Å².